The van der Waals surface area contributed by atoms with Gasteiger partial charge in [0.2, 0.25) is 0 Å². The average Bonchev–Trinajstić information content (AvgIpc) is 2.50. The number of benzene rings is 1. The molecule has 1 saturated carbocycles. The lowest BCUT2D eigenvalue weighted by atomic mass is 9.74. The monoisotopic (exact) mass is 330 g/mol. The number of nitrogens with one attached hydrogen (secondary N) is 1. The van der Waals surface area contributed by atoms with Crippen molar-refractivity contribution < 1.29 is 19.4 Å². The number of amides is 1. The molecule has 0 aromatic heterocycles. The number of aliphatic hydroxyl groups excluding tert-OH is 1. The summed E-state index contributed by atoms with van der Waals surface area (Å²) in [6.07, 6.45) is -0.525. The maximum atomic E-state index is 12.7. The number of ether oxygens (including phenoxy) is 1. The number of rotatable bonds is 2. The molecule has 6 heteroatoms. The summed E-state index contributed by atoms with van der Waals surface area (Å²) in [6.45, 7) is 5.20. The zero-order valence-corrected chi connectivity index (χ0v) is 14.1. The largest absolute Gasteiger partial charge is 0.444 e. The first-order valence-corrected chi connectivity index (χ1v) is 7.92. The van der Waals surface area contributed by atoms with Crippen LogP contribution >= 0.6 is 0 Å². The van der Waals surface area contributed by atoms with Crippen LogP contribution in [0.2, 0.25) is 0 Å². The van der Waals surface area contributed by atoms with Gasteiger partial charge in [-0.15, -0.1) is 0 Å². The Bertz CT molecular complexity index is 670. The molecule has 2 unspecified atom stereocenters. The van der Waals surface area contributed by atoms with Crippen molar-refractivity contribution in [2.24, 2.45) is 0 Å². The molecule has 0 bridgehead atoms. The summed E-state index contributed by atoms with van der Waals surface area (Å²) in [7, 11) is 0. The van der Waals surface area contributed by atoms with E-state index in [-0.39, 0.29) is 0 Å². The quantitative estimate of drug-likeness (QED) is 0.867. The predicted octanol–water partition coefficient (Wildman–Crippen LogP) is 2.39. The molecule has 2 N–H and O–H groups in total. The first-order chi connectivity index (χ1) is 11.2. The van der Waals surface area contributed by atoms with Gasteiger partial charge in [-0.1, -0.05) is 12.1 Å². The summed E-state index contributed by atoms with van der Waals surface area (Å²) in [5.41, 5.74) is -1.05. The number of carbonyl (C=O) groups excluding carboxylic acids is 2. The first-order valence-electron chi connectivity index (χ1n) is 7.92. The van der Waals surface area contributed by atoms with Crippen molar-refractivity contribution in [3.8, 4) is 6.07 Å². The number of aliphatic hydroxyl groups is 1. The van der Waals surface area contributed by atoms with Crippen LogP contribution in [-0.2, 0) is 15.1 Å². The minimum absolute atomic E-state index is 0.368. The summed E-state index contributed by atoms with van der Waals surface area (Å²) in [5, 5.41) is 21.6. The molecule has 2 rings (SSSR count). The Balaban J connectivity index is 2.40. The number of nitrogens with zero attached hydrogens (tertiary/aromatic N) is 1. The second kappa shape index (κ2) is 6.62. The van der Waals surface area contributed by atoms with Crippen molar-refractivity contribution in [2.45, 2.75) is 57.3 Å². The molecule has 1 fully saturated rings. The van der Waals surface area contributed by atoms with Crippen molar-refractivity contribution in [1.29, 1.82) is 5.26 Å². The third kappa shape index (κ3) is 3.74. The van der Waals surface area contributed by atoms with Crippen LogP contribution in [0.5, 0.6) is 0 Å². The normalized spacial score (nSPS) is 24.1. The van der Waals surface area contributed by atoms with Gasteiger partial charge in [-0.05, 0) is 57.7 Å². The lowest BCUT2D eigenvalue weighted by Crippen LogP contribution is -2.58. The van der Waals surface area contributed by atoms with E-state index in [1.807, 2.05) is 6.07 Å². The summed E-state index contributed by atoms with van der Waals surface area (Å²) >= 11 is 0. The predicted molar refractivity (Wildman–Crippen MR) is 87.1 cm³/mol. The molecule has 0 heterocycles. The molecule has 0 saturated heterocycles. The fraction of sp³-hybridized carbons (Fsp3) is 0.500. The average molecular weight is 330 g/mol. The van der Waals surface area contributed by atoms with Crippen LogP contribution in [0.1, 0.15) is 51.2 Å². The Kier molecular flexibility index (Phi) is 4.95. The Labute approximate surface area is 141 Å². The maximum absolute atomic E-state index is 12.7. The zero-order chi connectivity index (χ0) is 18.0. The van der Waals surface area contributed by atoms with Crippen LogP contribution in [0.15, 0.2) is 24.3 Å². The number of hydrogen-bond donors (Lipinski definition) is 2. The summed E-state index contributed by atoms with van der Waals surface area (Å²) in [5.74, 6) is -0.454. The standard InChI is InChI=1S/C18H22N2O4/c1-17(2,3)24-16(23)20-18(10-4-5-14(21)15(18)22)13-8-6-12(11-19)7-9-13/h6-9,14,21H,4-5,10H2,1-3H3,(H,20,23). The molecule has 1 amide bonds. The highest BCUT2D eigenvalue weighted by Crippen LogP contribution is 2.35. The third-order valence-corrected chi connectivity index (χ3v) is 3.97. The second-order valence-electron chi connectivity index (χ2n) is 6.99. The fourth-order valence-corrected chi connectivity index (χ4v) is 2.89. The van der Waals surface area contributed by atoms with E-state index in [1.54, 1.807) is 45.0 Å². The van der Waals surface area contributed by atoms with Crippen molar-refractivity contribution in [1.82, 2.24) is 5.32 Å². The minimum atomic E-state index is -1.34. The molecule has 128 valence electrons. The topological polar surface area (TPSA) is 99.4 Å². The summed E-state index contributed by atoms with van der Waals surface area (Å²) in [6, 6.07) is 8.45. The van der Waals surface area contributed by atoms with E-state index < -0.39 is 29.1 Å². The number of alkyl carbamates (subject to hydrolysis) is 1. The minimum Gasteiger partial charge on any atom is -0.444 e. The highest BCUT2D eigenvalue weighted by Gasteiger charge is 2.47. The van der Waals surface area contributed by atoms with Crippen molar-refractivity contribution in [3.05, 3.63) is 35.4 Å². The summed E-state index contributed by atoms with van der Waals surface area (Å²) in [4.78, 5) is 25.0. The Hall–Kier alpha value is -2.39. The van der Waals surface area contributed by atoms with Gasteiger partial charge in [-0.2, -0.15) is 5.26 Å². The van der Waals surface area contributed by atoms with Crippen LogP contribution < -0.4 is 5.32 Å². The van der Waals surface area contributed by atoms with Gasteiger partial charge in [0.05, 0.1) is 11.6 Å². The van der Waals surface area contributed by atoms with Crippen LogP contribution in [0.3, 0.4) is 0 Å². The molecule has 1 aromatic rings. The van der Waals surface area contributed by atoms with E-state index in [1.165, 1.54) is 0 Å². The molecular formula is C18H22N2O4. The SMILES string of the molecule is CC(C)(C)OC(=O)NC1(c2ccc(C#N)cc2)CCCC(O)C1=O. The van der Waals surface area contributed by atoms with E-state index in [4.69, 9.17) is 10.00 Å². The summed E-state index contributed by atoms with van der Waals surface area (Å²) < 4.78 is 5.28. The smallest absolute Gasteiger partial charge is 0.408 e. The maximum Gasteiger partial charge on any atom is 0.408 e. The van der Waals surface area contributed by atoms with Gasteiger partial charge in [0.25, 0.3) is 0 Å². The molecule has 6 nitrogen and oxygen atoms in total. The molecule has 1 aliphatic carbocycles. The third-order valence-electron chi connectivity index (χ3n) is 3.97. The molecule has 0 spiro atoms. The van der Waals surface area contributed by atoms with E-state index in [0.717, 1.165) is 0 Å². The van der Waals surface area contributed by atoms with Crippen molar-refractivity contribution in [2.75, 3.05) is 0 Å². The van der Waals surface area contributed by atoms with Gasteiger partial charge >= 0.3 is 6.09 Å². The van der Waals surface area contributed by atoms with Crippen LogP contribution in [0, 0.1) is 11.3 Å². The first kappa shape index (κ1) is 18.0. The number of hydrogen-bond acceptors (Lipinski definition) is 5. The highest BCUT2D eigenvalue weighted by molar-refractivity contribution is 5.96. The van der Waals surface area contributed by atoms with Crippen LogP contribution in [0.25, 0.3) is 0 Å². The van der Waals surface area contributed by atoms with E-state index in [9.17, 15) is 14.7 Å². The molecule has 0 radical (unpaired) electrons. The number of carbonyl (C=O) groups is 2. The van der Waals surface area contributed by atoms with Gasteiger partial charge in [0.1, 0.15) is 17.2 Å². The molecule has 1 aliphatic rings. The van der Waals surface area contributed by atoms with E-state index in [2.05, 4.69) is 5.32 Å². The van der Waals surface area contributed by atoms with Gasteiger partial charge < -0.3 is 15.2 Å². The zero-order valence-electron chi connectivity index (χ0n) is 14.1. The molecule has 2 atom stereocenters. The van der Waals surface area contributed by atoms with Crippen LogP contribution in [0.4, 0.5) is 4.79 Å². The molecule has 1 aromatic carbocycles. The van der Waals surface area contributed by atoms with Crippen molar-refractivity contribution >= 4 is 11.9 Å². The van der Waals surface area contributed by atoms with E-state index in [0.29, 0.717) is 30.4 Å². The number of ketones is 1. The van der Waals surface area contributed by atoms with Crippen LogP contribution in [-0.4, -0.2) is 28.7 Å². The van der Waals surface area contributed by atoms with E-state index >= 15 is 0 Å². The van der Waals surface area contributed by atoms with Gasteiger partial charge in [-0.25, -0.2) is 4.79 Å². The molecule has 24 heavy (non-hydrogen) atoms. The number of Topliss-reactive ketones (excluding diaryl/α,β-unsaturated/α-hetero) is 1. The Morgan fingerprint density at radius 1 is 1.38 bits per heavy atom. The fourth-order valence-electron chi connectivity index (χ4n) is 2.89. The Morgan fingerprint density at radius 2 is 2.00 bits per heavy atom. The highest BCUT2D eigenvalue weighted by atomic mass is 16.6. The molecular weight excluding hydrogens is 308 g/mol. The number of nitriles is 1. The lowest BCUT2D eigenvalue weighted by molar-refractivity contribution is -0.138. The van der Waals surface area contributed by atoms with Crippen molar-refractivity contribution in [3.63, 3.8) is 0 Å². The molecule has 0 aliphatic heterocycles. The van der Waals surface area contributed by atoms with Gasteiger partial charge in [0, 0.05) is 0 Å². The Morgan fingerprint density at radius 3 is 2.54 bits per heavy atom. The lowest BCUT2D eigenvalue weighted by Gasteiger charge is -2.39. The van der Waals surface area contributed by atoms with Gasteiger partial charge in [-0.3, -0.25) is 4.79 Å². The van der Waals surface area contributed by atoms with Gasteiger partial charge in [0.15, 0.2) is 5.78 Å². The second-order valence-corrected chi connectivity index (χ2v) is 6.99.